The van der Waals surface area contributed by atoms with Gasteiger partial charge in [0.1, 0.15) is 0 Å². The second-order valence-corrected chi connectivity index (χ2v) is 5.36. The number of nitrogens with one attached hydrogen (secondary N) is 1. The van der Waals surface area contributed by atoms with E-state index >= 15 is 0 Å². The zero-order valence-corrected chi connectivity index (χ0v) is 11.8. The summed E-state index contributed by atoms with van der Waals surface area (Å²) < 4.78 is 0. The SMILES string of the molecule is CCc1ccc(-c2nc(N3CCC(N)CC3)n[nH]2)cc1. The van der Waals surface area contributed by atoms with E-state index in [0.29, 0.717) is 6.04 Å². The van der Waals surface area contributed by atoms with Crippen LogP contribution in [0.4, 0.5) is 5.95 Å². The molecule has 0 radical (unpaired) electrons. The van der Waals surface area contributed by atoms with Crippen molar-refractivity contribution in [1.82, 2.24) is 15.2 Å². The van der Waals surface area contributed by atoms with Gasteiger partial charge in [-0.1, -0.05) is 31.2 Å². The molecule has 3 rings (SSSR count). The minimum atomic E-state index is 0.325. The standard InChI is InChI=1S/C15H21N5/c1-2-11-3-5-12(6-4-11)14-17-15(19-18-14)20-9-7-13(16)8-10-20/h3-6,13H,2,7-10,16H2,1H3,(H,17,18,19). The summed E-state index contributed by atoms with van der Waals surface area (Å²) in [5, 5.41) is 7.37. The van der Waals surface area contributed by atoms with Gasteiger partial charge in [0.25, 0.3) is 0 Å². The summed E-state index contributed by atoms with van der Waals surface area (Å²) in [5.74, 6) is 1.61. The topological polar surface area (TPSA) is 70.8 Å². The Kier molecular flexibility index (Phi) is 3.69. The molecule has 0 unspecified atom stereocenters. The van der Waals surface area contributed by atoms with Crippen LogP contribution in [0.15, 0.2) is 24.3 Å². The van der Waals surface area contributed by atoms with E-state index in [0.717, 1.165) is 49.7 Å². The fraction of sp³-hybridized carbons (Fsp3) is 0.467. The van der Waals surface area contributed by atoms with Gasteiger partial charge in [-0.05, 0) is 24.8 Å². The highest BCUT2D eigenvalue weighted by molar-refractivity contribution is 5.56. The predicted molar refractivity (Wildman–Crippen MR) is 80.6 cm³/mol. The maximum Gasteiger partial charge on any atom is 0.245 e. The average Bonchev–Trinajstić information content (AvgIpc) is 2.98. The number of nitrogens with zero attached hydrogens (tertiary/aromatic N) is 3. The van der Waals surface area contributed by atoms with Crippen LogP contribution in [0.5, 0.6) is 0 Å². The van der Waals surface area contributed by atoms with Crippen LogP contribution in [0.2, 0.25) is 0 Å². The molecule has 0 amide bonds. The minimum Gasteiger partial charge on any atom is -0.339 e. The van der Waals surface area contributed by atoms with Crippen LogP contribution < -0.4 is 10.6 Å². The van der Waals surface area contributed by atoms with Crippen LogP contribution in [0.1, 0.15) is 25.3 Å². The Balaban J connectivity index is 1.75. The van der Waals surface area contributed by atoms with Crippen LogP contribution in [0.25, 0.3) is 11.4 Å². The summed E-state index contributed by atoms with van der Waals surface area (Å²) in [6, 6.07) is 8.78. The zero-order valence-electron chi connectivity index (χ0n) is 11.8. The lowest BCUT2D eigenvalue weighted by atomic mass is 10.1. The Bertz CT molecular complexity index is 552. The first-order chi connectivity index (χ1) is 9.76. The molecule has 0 saturated carbocycles. The third-order valence-electron chi connectivity index (χ3n) is 3.93. The third-order valence-corrected chi connectivity index (χ3v) is 3.93. The van der Waals surface area contributed by atoms with Gasteiger partial charge in [-0.25, -0.2) is 0 Å². The number of rotatable bonds is 3. The van der Waals surface area contributed by atoms with E-state index in [-0.39, 0.29) is 0 Å². The summed E-state index contributed by atoms with van der Waals surface area (Å²) in [4.78, 5) is 6.80. The van der Waals surface area contributed by atoms with E-state index in [1.54, 1.807) is 0 Å². The number of H-pyrrole nitrogens is 1. The van der Waals surface area contributed by atoms with Crippen molar-refractivity contribution < 1.29 is 0 Å². The molecule has 0 atom stereocenters. The van der Waals surface area contributed by atoms with Crippen molar-refractivity contribution in [3.8, 4) is 11.4 Å². The third kappa shape index (κ3) is 2.67. The summed E-state index contributed by atoms with van der Waals surface area (Å²) in [5.41, 5.74) is 8.33. The van der Waals surface area contributed by atoms with Gasteiger partial charge in [0, 0.05) is 24.7 Å². The molecule has 0 aliphatic carbocycles. The van der Waals surface area contributed by atoms with Crippen molar-refractivity contribution in [1.29, 1.82) is 0 Å². The van der Waals surface area contributed by atoms with Crippen molar-refractivity contribution in [2.24, 2.45) is 5.73 Å². The lowest BCUT2D eigenvalue weighted by molar-refractivity contribution is 0.496. The zero-order chi connectivity index (χ0) is 13.9. The number of hydrogen-bond donors (Lipinski definition) is 2. The normalized spacial score (nSPS) is 16.6. The van der Waals surface area contributed by atoms with Gasteiger partial charge < -0.3 is 10.6 Å². The molecule has 1 aliphatic rings. The van der Waals surface area contributed by atoms with Crippen molar-refractivity contribution in [3.05, 3.63) is 29.8 Å². The molecular weight excluding hydrogens is 250 g/mol. The first-order valence-electron chi connectivity index (χ1n) is 7.28. The lowest BCUT2D eigenvalue weighted by Crippen LogP contribution is -2.40. The first-order valence-corrected chi connectivity index (χ1v) is 7.28. The van der Waals surface area contributed by atoms with Crippen molar-refractivity contribution in [3.63, 3.8) is 0 Å². The van der Waals surface area contributed by atoms with Crippen LogP contribution in [-0.2, 0) is 6.42 Å². The molecule has 0 spiro atoms. The molecule has 1 aliphatic heterocycles. The second kappa shape index (κ2) is 5.63. The predicted octanol–water partition coefficient (Wildman–Crippen LogP) is 1.96. The van der Waals surface area contributed by atoms with Crippen LogP contribution in [0.3, 0.4) is 0 Å². The van der Waals surface area contributed by atoms with Crippen LogP contribution >= 0.6 is 0 Å². The molecule has 2 heterocycles. The summed E-state index contributed by atoms with van der Waals surface area (Å²) in [6.07, 6.45) is 3.07. The van der Waals surface area contributed by atoms with Gasteiger partial charge >= 0.3 is 0 Å². The molecule has 3 N–H and O–H groups in total. The van der Waals surface area contributed by atoms with Gasteiger partial charge in [0.2, 0.25) is 5.95 Å². The summed E-state index contributed by atoms with van der Waals surface area (Å²) in [6.45, 7) is 4.03. The van der Waals surface area contributed by atoms with Gasteiger partial charge in [-0.2, -0.15) is 4.98 Å². The quantitative estimate of drug-likeness (QED) is 0.895. The number of anilines is 1. The van der Waals surface area contributed by atoms with Gasteiger partial charge in [0.05, 0.1) is 0 Å². The molecule has 20 heavy (non-hydrogen) atoms. The molecule has 5 nitrogen and oxygen atoms in total. The molecule has 1 aromatic heterocycles. The molecule has 1 saturated heterocycles. The lowest BCUT2D eigenvalue weighted by Gasteiger charge is -2.28. The van der Waals surface area contributed by atoms with Crippen molar-refractivity contribution in [2.75, 3.05) is 18.0 Å². The molecule has 1 fully saturated rings. The Morgan fingerprint density at radius 3 is 2.60 bits per heavy atom. The minimum absolute atomic E-state index is 0.325. The smallest absolute Gasteiger partial charge is 0.245 e. The van der Waals surface area contributed by atoms with E-state index in [4.69, 9.17) is 5.73 Å². The number of hydrogen-bond acceptors (Lipinski definition) is 4. The highest BCUT2D eigenvalue weighted by Gasteiger charge is 2.19. The fourth-order valence-electron chi connectivity index (χ4n) is 2.52. The van der Waals surface area contributed by atoms with Gasteiger partial charge in [-0.15, -0.1) is 5.10 Å². The van der Waals surface area contributed by atoms with Gasteiger partial charge in [0.15, 0.2) is 5.82 Å². The van der Waals surface area contributed by atoms with Crippen LogP contribution in [0, 0.1) is 0 Å². The number of benzene rings is 1. The molecular formula is C15H21N5. The number of aryl methyl sites for hydroxylation is 1. The molecule has 2 aromatic rings. The Morgan fingerprint density at radius 1 is 1.25 bits per heavy atom. The first kappa shape index (κ1) is 13.1. The number of nitrogens with two attached hydrogens (primary N) is 1. The van der Waals surface area contributed by atoms with Crippen LogP contribution in [-0.4, -0.2) is 34.3 Å². The molecule has 106 valence electrons. The maximum absolute atomic E-state index is 5.92. The Hall–Kier alpha value is -1.88. The molecule has 5 heteroatoms. The van der Waals surface area contributed by atoms with E-state index in [9.17, 15) is 0 Å². The Morgan fingerprint density at radius 2 is 1.95 bits per heavy atom. The summed E-state index contributed by atoms with van der Waals surface area (Å²) in [7, 11) is 0. The summed E-state index contributed by atoms with van der Waals surface area (Å²) >= 11 is 0. The van der Waals surface area contributed by atoms with Gasteiger partial charge in [-0.3, -0.25) is 5.10 Å². The number of aromatic nitrogens is 3. The van der Waals surface area contributed by atoms with E-state index in [1.807, 2.05) is 0 Å². The monoisotopic (exact) mass is 271 g/mol. The average molecular weight is 271 g/mol. The molecule has 1 aromatic carbocycles. The van der Waals surface area contributed by atoms with E-state index in [2.05, 4.69) is 51.3 Å². The maximum atomic E-state index is 5.92. The Labute approximate surface area is 119 Å². The number of aromatic amines is 1. The second-order valence-electron chi connectivity index (χ2n) is 5.36. The highest BCUT2D eigenvalue weighted by Crippen LogP contribution is 2.20. The van der Waals surface area contributed by atoms with Crippen molar-refractivity contribution in [2.45, 2.75) is 32.2 Å². The highest BCUT2D eigenvalue weighted by atomic mass is 15.4. The van der Waals surface area contributed by atoms with E-state index in [1.165, 1.54) is 5.56 Å². The number of piperidine rings is 1. The molecule has 0 bridgehead atoms. The van der Waals surface area contributed by atoms with E-state index < -0.39 is 0 Å². The fourth-order valence-corrected chi connectivity index (χ4v) is 2.52. The van der Waals surface area contributed by atoms with Crippen molar-refractivity contribution >= 4 is 5.95 Å². The largest absolute Gasteiger partial charge is 0.339 e.